The van der Waals surface area contributed by atoms with Gasteiger partial charge in [0.25, 0.3) is 0 Å². The minimum absolute atomic E-state index is 0.0583. The second-order valence-corrected chi connectivity index (χ2v) is 9.98. The number of morpholine rings is 1. The molecule has 8 heteroatoms. The van der Waals surface area contributed by atoms with Gasteiger partial charge in [-0.05, 0) is 69.4 Å². The first-order valence-corrected chi connectivity index (χ1v) is 12.0. The quantitative estimate of drug-likeness (QED) is 0.685. The summed E-state index contributed by atoms with van der Waals surface area (Å²) in [5, 5.41) is 3.02. The molecule has 2 saturated heterocycles. The SMILES string of the molecule is CN1CCC(CCNC(=O)CCc2ccc(S(=O)(=O)N3CCOCC3)cc2)CC1. The molecule has 0 bridgehead atoms. The molecule has 0 saturated carbocycles. The average Bonchev–Trinajstić information content (AvgIpc) is 2.74. The van der Waals surface area contributed by atoms with Crippen LogP contribution in [0.25, 0.3) is 0 Å². The lowest BCUT2D eigenvalue weighted by Crippen LogP contribution is -2.40. The van der Waals surface area contributed by atoms with Gasteiger partial charge in [0.2, 0.25) is 15.9 Å². The van der Waals surface area contributed by atoms with Crippen LogP contribution in [0, 0.1) is 5.92 Å². The zero-order valence-corrected chi connectivity index (χ0v) is 18.1. The van der Waals surface area contributed by atoms with E-state index in [2.05, 4.69) is 17.3 Å². The molecule has 1 N–H and O–H groups in total. The van der Waals surface area contributed by atoms with Crippen LogP contribution in [0.2, 0.25) is 0 Å². The second-order valence-electron chi connectivity index (χ2n) is 8.05. The first kappa shape index (κ1) is 22.2. The number of hydrogen-bond donors (Lipinski definition) is 1. The number of nitrogens with zero attached hydrogens (tertiary/aromatic N) is 2. The van der Waals surface area contributed by atoms with Gasteiger partial charge in [0.05, 0.1) is 18.1 Å². The molecule has 2 heterocycles. The number of aryl methyl sites for hydroxylation is 1. The van der Waals surface area contributed by atoms with Gasteiger partial charge in [-0.25, -0.2) is 8.42 Å². The highest BCUT2D eigenvalue weighted by molar-refractivity contribution is 7.89. The minimum Gasteiger partial charge on any atom is -0.379 e. The third kappa shape index (κ3) is 6.50. The lowest BCUT2D eigenvalue weighted by molar-refractivity contribution is -0.121. The molecule has 162 valence electrons. The zero-order chi connectivity index (χ0) is 20.7. The number of nitrogens with one attached hydrogen (secondary N) is 1. The number of sulfonamides is 1. The van der Waals surface area contributed by atoms with Crippen molar-refractivity contribution in [2.75, 3.05) is 53.0 Å². The molecule has 0 aliphatic carbocycles. The molecule has 1 amide bonds. The Kier molecular flexibility index (Phi) is 8.06. The summed E-state index contributed by atoms with van der Waals surface area (Å²) in [6.07, 6.45) is 4.51. The van der Waals surface area contributed by atoms with Crippen LogP contribution in [0.4, 0.5) is 0 Å². The highest BCUT2D eigenvalue weighted by atomic mass is 32.2. The summed E-state index contributed by atoms with van der Waals surface area (Å²) in [5.41, 5.74) is 0.969. The van der Waals surface area contributed by atoms with Crippen LogP contribution >= 0.6 is 0 Å². The van der Waals surface area contributed by atoms with E-state index >= 15 is 0 Å². The standard InChI is InChI=1S/C21H33N3O4S/c1-23-12-9-19(10-13-23)8-11-22-21(25)7-4-18-2-5-20(6-3-18)29(26,27)24-14-16-28-17-15-24/h2-3,5-6,19H,4,7-17H2,1H3,(H,22,25). The van der Waals surface area contributed by atoms with E-state index in [0.717, 1.165) is 31.6 Å². The molecule has 3 rings (SSSR count). The van der Waals surface area contributed by atoms with Crippen LogP contribution in [0.5, 0.6) is 0 Å². The van der Waals surface area contributed by atoms with E-state index < -0.39 is 10.0 Å². The van der Waals surface area contributed by atoms with Crippen LogP contribution in [0.15, 0.2) is 29.2 Å². The molecular formula is C21H33N3O4S. The summed E-state index contributed by atoms with van der Waals surface area (Å²) in [5.74, 6) is 0.774. The molecule has 29 heavy (non-hydrogen) atoms. The Morgan fingerprint density at radius 3 is 2.41 bits per heavy atom. The summed E-state index contributed by atoms with van der Waals surface area (Å²) in [6, 6.07) is 6.88. The number of hydrogen-bond acceptors (Lipinski definition) is 5. The fraction of sp³-hybridized carbons (Fsp3) is 0.667. The lowest BCUT2D eigenvalue weighted by Gasteiger charge is -2.28. The minimum atomic E-state index is -3.47. The van der Waals surface area contributed by atoms with Crippen molar-refractivity contribution in [2.24, 2.45) is 5.92 Å². The van der Waals surface area contributed by atoms with Gasteiger partial charge in [-0.15, -0.1) is 0 Å². The van der Waals surface area contributed by atoms with E-state index in [1.165, 1.54) is 17.1 Å². The van der Waals surface area contributed by atoms with Crippen molar-refractivity contribution in [2.45, 2.75) is 37.0 Å². The van der Waals surface area contributed by atoms with Crippen LogP contribution in [0.1, 0.15) is 31.2 Å². The highest BCUT2D eigenvalue weighted by Crippen LogP contribution is 2.19. The molecule has 0 radical (unpaired) electrons. The molecule has 2 aliphatic heterocycles. The van der Waals surface area contributed by atoms with E-state index in [0.29, 0.717) is 50.0 Å². The number of carbonyl (C=O) groups is 1. The fourth-order valence-corrected chi connectivity index (χ4v) is 5.28. The summed E-state index contributed by atoms with van der Waals surface area (Å²) >= 11 is 0. The fourth-order valence-electron chi connectivity index (χ4n) is 3.88. The van der Waals surface area contributed by atoms with Crippen LogP contribution in [-0.4, -0.2) is 76.5 Å². The second kappa shape index (κ2) is 10.5. The Morgan fingerprint density at radius 1 is 1.10 bits per heavy atom. The predicted molar refractivity (Wildman–Crippen MR) is 112 cm³/mol. The van der Waals surface area contributed by atoms with E-state index in [9.17, 15) is 13.2 Å². The molecule has 1 aromatic rings. The van der Waals surface area contributed by atoms with Crippen LogP contribution in [-0.2, 0) is 26.0 Å². The predicted octanol–water partition coefficient (Wildman–Crippen LogP) is 1.49. The topological polar surface area (TPSA) is 79.0 Å². The van der Waals surface area contributed by atoms with Gasteiger partial charge in [0.15, 0.2) is 0 Å². The molecule has 0 atom stereocenters. The normalized spacial score (nSPS) is 19.9. The van der Waals surface area contributed by atoms with Gasteiger partial charge in [-0.2, -0.15) is 4.31 Å². The van der Waals surface area contributed by atoms with Crippen molar-refractivity contribution in [3.8, 4) is 0 Å². The van der Waals surface area contributed by atoms with Crippen LogP contribution < -0.4 is 5.32 Å². The Morgan fingerprint density at radius 2 is 1.76 bits per heavy atom. The largest absolute Gasteiger partial charge is 0.379 e. The van der Waals surface area contributed by atoms with Gasteiger partial charge >= 0.3 is 0 Å². The molecule has 0 unspecified atom stereocenters. The molecule has 2 aliphatic rings. The maximum atomic E-state index is 12.6. The van der Waals surface area contributed by atoms with Gasteiger partial charge in [0, 0.05) is 26.1 Å². The third-order valence-electron chi connectivity index (χ3n) is 5.88. The van der Waals surface area contributed by atoms with Crippen molar-refractivity contribution in [1.82, 2.24) is 14.5 Å². The third-order valence-corrected chi connectivity index (χ3v) is 7.80. The number of likely N-dealkylation sites (tertiary alicyclic amines) is 1. The number of piperidine rings is 1. The number of ether oxygens (including phenoxy) is 1. The van der Waals surface area contributed by atoms with E-state index in [-0.39, 0.29) is 5.91 Å². The Labute approximate surface area is 174 Å². The summed E-state index contributed by atoms with van der Waals surface area (Å²) in [4.78, 5) is 14.8. The highest BCUT2D eigenvalue weighted by Gasteiger charge is 2.26. The Bertz CT molecular complexity index is 753. The monoisotopic (exact) mass is 423 g/mol. The van der Waals surface area contributed by atoms with Crippen molar-refractivity contribution in [3.63, 3.8) is 0 Å². The molecule has 1 aromatic carbocycles. The van der Waals surface area contributed by atoms with Crippen molar-refractivity contribution < 1.29 is 17.9 Å². The van der Waals surface area contributed by atoms with Gasteiger partial charge in [-0.3, -0.25) is 4.79 Å². The molecule has 2 fully saturated rings. The zero-order valence-electron chi connectivity index (χ0n) is 17.3. The Balaban J connectivity index is 1.40. The number of amides is 1. The smallest absolute Gasteiger partial charge is 0.243 e. The van der Waals surface area contributed by atoms with Gasteiger partial charge in [-0.1, -0.05) is 12.1 Å². The van der Waals surface area contributed by atoms with Crippen LogP contribution in [0.3, 0.4) is 0 Å². The molecule has 0 aromatic heterocycles. The van der Waals surface area contributed by atoms with E-state index in [1.807, 2.05) is 0 Å². The first-order chi connectivity index (χ1) is 13.9. The average molecular weight is 424 g/mol. The Hall–Kier alpha value is -1.48. The van der Waals surface area contributed by atoms with Crippen molar-refractivity contribution in [1.29, 1.82) is 0 Å². The van der Waals surface area contributed by atoms with Gasteiger partial charge in [0.1, 0.15) is 0 Å². The summed E-state index contributed by atoms with van der Waals surface area (Å²) in [6.45, 7) is 4.69. The molecule has 7 nitrogen and oxygen atoms in total. The van der Waals surface area contributed by atoms with Gasteiger partial charge < -0.3 is 15.0 Å². The van der Waals surface area contributed by atoms with E-state index in [1.54, 1.807) is 24.3 Å². The van der Waals surface area contributed by atoms with Crippen molar-refractivity contribution in [3.05, 3.63) is 29.8 Å². The summed E-state index contributed by atoms with van der Waals surface area (Å²) in [7, 11) is -1.31. The maximum absolute atomic E-state index is 12.6. The van der Waals surface area contributed by atoms with E-state index in [4.69, 9.17) is 4.74 Å². The molecular weight excluding hydrogens is 390 g/mol. The number of carbonyl (C=O) groups excluding carboxylic acids is 1. The number of rotatable bonds is 8. The first-order valence-electron chi connectivity index (χ1n) is 10.6. The van der Waals surface area contributed by atoms with Crippen molar-refractivity contribution >= 4 is 15.9 Å². The lowest BCUT2D eigenvalue weighted by atomic mass is 9.94. The number of benzene rings is 1. The summed E-state index contributed by atoms with van der Waals surface area (Å²) < 4.78 is 32.0. The maximum Gasteiger partial charge on any atom is 0.243 e. The molecule has 0 spiro atoms.